The minimum atomic E-state index is -0.856. The molecular formula is C14H26N2O3. The molecule has 0 spiro atoms. The van der Waals surface area contributed by atoms with Crippen LogP contribution in [0.1, 0.15) is 46.0 Å². The summed E-state index contributed by atoms with van der Waals surface area (Å²) in [6, 6.07) is -0.234. The van der Waals surface area contributed by atoms with E-state index in [4.69, 9.17) is 10.8 Å². The number of aliphatic carboxylic acids is 1. The van der Waals surface area contributed by atoms with Crippen LogP contribution in [-0.2, 0) is 9.59 Å². The van der Waals surface area contributed by atoms with E-state index in [0.29, 0.717) is 19.0 Å². The van der Waals surface area contributed by atoms with Gasteiger partial charge in [0.05, 0.1) is 6.42 Å². The van der Waals surface area contributed by atoms with Gasteiger partial charge < -0.3 is 15.7 Å². The molecule has 0 aromatic heterocycles. The molecule has 1 unspecified atom stereocenters. The van der Waals surface area contributed by atoms with Gasteiger partial charge in [0.25, 0.3) is 0 Å². The van der Waals surface area contributed by atoms with Crippen LogP contribution in [-0.4, -0.2) is 41.0 Å². The highest BCUT2D eigenvalue weighted by Crippen LogP contribution is 2.30. The fourth-order valence-electron chi connectivity index (χ4n) is 2.93. The average molecular weight is 270 g/mol. The largest absolute Gasteiger partial charge is 0.481 e. The average Bonchev–Trinajstić information content (AvgIpc) is 2.38. The van der Waals surface area contributed by atoms with Crippen LogP contribution in [0.3, 0.4) is 0 Å². The number of carboxylic acids is 1. The summed E-state index contributed by atoms with van der Waals surface area (Å²) < 4.78 is 0. The van der Waals surface area contributed by atoms with Crippen LogP contribution in [0.5, 0.6) is 0 Å². The van der Waals surface area contributed by atoms with E-state index >= 15 is 0 Å². The quantitative estimate of drug-likeness (QED) is 0.765. The first kappa shape index (κ1) is 16.0. The van der Waals surface area contributed by atoms with Crippen molar-refractivity contribution in [1.82, 2.24) is 4.90 Å². The molecule has 1 fully saturated rings. The first-order valence-corrected chi connectivity index (χ1v) is 7.21. The van der Waals surface area contributed by atoms with Crippen molar-refractivity contribution in [3.63, 3.8) is 0 Å². The van der Waals surface area contributed by atoms with Gasteiger partial charge in [-0.1, -0.05) is 0 Å². The van der Waals surface area contributed by atoms with Crippen LogP contribution in [0.15, 0.2) is 0 Å². The maximum absolute atomic E-state index is 12.4. The third-order valence-electron chi connectivity index (χ3n) is 4.16. The Morgan fingerprint density at radius 2 is 1.89 bits per heavy atom. The summed E-state index contributed by atoms with van der Waals surface area (Å²) in [5.41, 5.74) is 5.65. The first-order chi connectivity index (χ1) is 8.99. The summed E-state index contributed by atoms with van der Waals surface area (Å²) in [5.74, 6) is -0.133. The number of nitrogens with zero attached hydrogens (tertiary/aromatic N) is 1. The van der Waals surface area contributed by atoms with Gasteiger partial charge in [-0.3, -0.25) is 9.59 Å². The predicted molar refractivity (Wildman–Crippen MR) is 73.6 cm³/mol. The molecule has 1 atom stereocenters. The second kappa shape index (κ2) is 7.48. The molecule has 19 heavy (non-hydrogen) atoms. The fraction of sp³-hybridized carbons (Fsp3) is 0.857. The van der Waals surface area contributed by atoms with Crippen LogP contribution in [0, 0.1) is 11.8 Å². The SMILES string of the molecule is CCN(C(=O)C1CCC(CN)CC1)C(C)CC(=O)O. The van der Waals surface area contributed by atoms with Gasteiger partial charge in [-0.2, -0.15) is 0 Å². The molecular weight excluding hydrogens is 244 g/mol. The number of carbonyl (C=O) groups is 2. The summed E-state index contributed by atoms with van der Waals surface area (Å²) in [6.07, 6.45) is 3.81. The van der Waals surface area contributed by atoms with Crippen molar-refractivity contribution in [3.8, 4) is 0 Å². The standard InChI is InChI=1S/C14H26N2O3/c1-3-16(10(2)8-13(17)18)14(19)12-6-4-11(9-15)5-7-12/h10-12H,3-9,15H2,1-2H3,(H,17,18). The normalized spacial score (nSPS) is 24.8. The lowest BCUT2D eigenvalue weighted by Gasteiger charge is -2.34. The Balaban J connectivity index is 2.56. The van der Waals surface area contributed by atoms with E-state index in [9.17, 15) is 9.59 Å². The van der Waals surface area contributed by atoms with Crippen LogP contribution < -0.4 is 5.73 Å². The van der Waals surface area contributed by atoms with Gasteiger partial charge in [0.15, 0.2) is 0 Å². The van der Waals surface area contributed by atoms with Crippen molar-refractivity contribution in [2.24, 2.45) is 17.6 Å². The number of carbonyl (C=O) groups excluding carboxylic acids is 1. The molecule has 1 amide bonds. The topological polar surface area (TPSA) is 83.6 Å². The van der Waals surface area contributed by atoms with E-state index in [1.54, 1.807) is 11.8 Å². The molecule has 1 saturated carbocycles. The Hall–Kier alpha value is -1.10. The van der Waals surface area contributed by atoms with Gasteiger partial charge in [-0.25, -0.2) is 0 Å². The Kier molecular flexibility index (Phi) is 6.28. The fourth-order valence-corrected chi connectivity index (χ4v) is 2.93. The van der Waals surface area contributed by atoms with Crippen LogP contribution in [0.25, 0.3) is 0 Å². The molecule has 5 nitrogen and oxygen atoms in total. The van der Waals surface area contributed by atoms with Crippen molar-refractivity contribution in [3.05, 3.63) is 0 Å². The number of hydrogen-bond donors (Lipinski definition) is 2. The molecule has 0 aromatic carbocycles. The Labute approximate surface area is 115 Å². The molecule has 0 heterocycles. The zero-order valence-corrected chi connectivity index (χ0v) is 12.0. The van der Waals surface area contributed by atoms with Crippen molar-refractivity contribution >= 4 is 11.9 Å². The summed E-state index contributed by atoms with van der Waals surface area (Å²) in [7, 11) is 0. The molecule has 0 aromatic rings. The molecule has 1 aliphatic carbocycles. The highest BCUT2D eigenvalue weighted by Gasteiger charge is 2.30. The van der Waals surface area contributed by atoms with E-state index in [0.717, 1.165) is 25.7 Å². The molecule has 1 aliphatic rings. The Morgan fingerprint density at radius 3 is 2.32 bits per heavy atom. The molecule has 0 bridgehead atoms. The van der Waals surface area contributed by atoms with Crippen molar-refractivity contribution < 1.29 is 14.7 Å². The van der Waals surface area contributed by atoms with E-state index in [1.165, 1.54) is 0 Å². The van der Waals surface area contributed by atoms with Gasteiger partial charge >= 0.3 is 5.97 Å². The van der Waals surface area contributed by atoms with Crippen LogP contribution >= 0.6 is 0 Å². The van der Waals surface area contributed by atoms with Crippen LogP contribution in [0.4, 0.5) is 0 Å². The second-order valence-electron chi connectivity index (χ2n) is 5.52. The summed E-state index contributed by atoms with van der Waals surface area (Å²) in [5, 5.41) is 8.84. The zero-order valence-electron chi connectivity index (χ0n) is 12.0. The van der Waals surface area contributed by atoms with Gasteiger partial charge in [0, 0.05) is 18.5 Å². The van der Waals surface area contributed by atoms with E-state index in [1.807, 2.05) is 6.92 Å². The van der Waals surface area contributed by atoms with E-state index in [-0.39, 0.29) is 24.3 Å². The molecule has 0 saturated heterocycles. The molecule has 110 valence electrons. The molecule has 3 N–H and O–H groups in total. The van der Waals surface area contributed by atoms with Gasteiger partial charge in [0.2, 0.25) is 5.91 Å². The Bertz CT molecular complexity index is 312. The third-order valence-corrected chi connectivity index (χ3v) is 4.16. The number of amides is 1. The number of nitrogens with two attached hydrogens (primary N) is 1. The van der Waals surface area contributed by atoms with E-state index in [2.05, 4.69) is 0 Å². The number of carboxylic acid groups (broad SMARTS) is 1. The van der Waals surface area contributed by atoms with Gasteiger partial charge in [0.1, 0.15) is 0 Å². The van der Waals surface area contributed by atoms with Crippen molar-refractivity contribution in [2.75, 3.05) is 13.1 Å². The summed E-state index contributed by atoms with van der Waals surface area (Å²) in [4.78, 5) is 24.9. The molecule has 0 radical (unpaired) electrons. The smallest absolute Gasteiger partial charge is 0.305 e. The molecule has 0 aliphatic heterocycles. The number of rotatable bonds is 6. The van der Waals surface area contributed by atoms with Crippen LogP contribution in [0.2, 0.25) is 0 Å². The predicted octanol–water partition coefficient (Wildman–Crippen LogP) is 1.46. The molecule has 5 heteroatoms. The minimum absolute atomic E-state index is 0.0116. The second-order valence-corrected chi connectivity index (χ2v) is 5.52. The van der Waals surface area contributed by atoms with Gasteiger partial charge in [-0.05, 0) is 52.0 Å². The maximum Gasteiger partial charge on any atom is 0.305 e. The highest BCUT2D eigenvalue weighted by molar-refractivity contribution is 5.80. The lowest BCUT2D eigenvalue weighted by molar-refractivity contribution is -0.142. The lowest BCUT2D eigenvalue weighted by atomic mass is 9.81. The highest BCUT2D eigenvalue weighted by atomic mass is 16.4. The summed E-state index contributed by atoms with van der Waals surface area (Å²) >= 11 is 0. The third kappa shape index (κ3) is 4.49. The Morgan fingerprint density at radius 1 is 1.32 bits per heavy atom. The summed E-state index contributed by atoms with van der Waals surface area (Å²) in [6.45, 7) is 4.99. The van der Waals surface area contributed by atoms with E-state index < -0.39 is 5.97 Å². The molecule has 1 rings (SSSR count). The lowest BCUT2D eigenvalue weighted by Crippen LogP contribution is -2.44. The first-order valence-electron chi connectivity index (χ1n) is 7.21. The monoisotopic (exact) mass is 270 g/mol. The maximum atomic E-state index is 12.4. The number of hydrogen-bond acceptors (Lipinski definition) is 3. The van der Waals surface area contributed by atoms with Crippen molar-refractivity contribution in [2.45, 2.75) is 52.0 Å². The minimum Gasteiger partial charge on any atom is -0.481 e. The van der Waals surface area contributed by atoms with Gasteiger partial charge in [-0.15, -0.1) is 0 Å². The zero-order chi connectivity index (χ0) is 14.4. The van der Waals surface area contributed by atoms with Crippen molar-refractivity contribution in [1.29, 1.82) is 0 Å².